The highest BCUT2D eigenvalue weighted by molar-refractivity contribution is 7.89. The van der Waals surface area contributed by atoms with Crippen molar-refractivity contribution in [2.24, 2.45) is 0 Å². The fraction of sp³-hybridized carbons (Fsp3) is 0.455. The number of halogens is 2. The Balaban J connectivity index is 2.30. The molecule has 1 aliphatic heterocycles. The van der Waals surface area contributed by atoms with E-state index < -0.39 is 21.4 Å². The van der Waals surface area contributed by atoms with E-state index in [9.17, 15) is 12.8 Å². The fourth-order valence-corrected chi connectivity index (χ4v) is 3.63. The van der Waals surface area contributed by atoms with Crippen LogP contribution < -0.4 is 10.0 Å². The van der Waals surface area contributed by atoms with Crippen molar-refractivity contribution in [3.63, 3.8) is 0 Å². The van der Waals surface area contributed by atoms with Crippen LogP contribution in [0.25, 0.3) is 0 Å². The van der Waals surface area contributed by atoms with Crippen molar-refractivity contribution in [3.05, 3.63) is 29.0 Å². The lowest BCUT2D eigenvalue weighted by atomic mass is 10.0. The van der Waals surface area contributed by atoms with E-state index in [1.807, 2.05) is 0 Å². The molecule has 1 fully saturated rings. The molecule has 100 valence electrons. The first-order valence-electron chi connectivity index (χ1n) is 5.52. The second kappa shape index (κ2) is 4.77. The van der Waals surface area contributed by atoms with E-state index in [1.54, 1.807) is 6.92 Å². The summed E-state index contributed by atoms with van der Waals surface area (Å²) >= 11 is 5.60. The number of benzene rings is 1. The summed E-state index contributed by atoms with van der Waals surface area (Å²) in [7, 11) is -3.87. The highest BCUT2D eigenvalue weighted by Crippen LogP contribution is 2.22. The molecule has 1 heterocycles. The zero-order chi connectivity index (χ0) is 13.4. The van der Waals surface area contributed by atoms with Gasteiger partial charge in [-0.1, -0.05) is 11.6 Å². The molecule has 4 nitrogen and oxygen atoms in total. The van der Waals surface area contributed by atoms with E-state index in [0.29, 0.717) is 13.0 Å². The molecule has 7 heteroatoms. The molecule has 0 bridgehead atoms. The van der Waals surface area contributed by atoms with Gasteiger partial charge in [0.2, 0.25) is 10.0 Å². The van der Waals surface area contributed by atoms with Crippen molar-refractivity contribution in [1.82, 2.24) is 10.0 Å². The molecule has 1 aliphatic rings. The number of sulfonamides is 1. The van der Waals surface area contributed by atoms with Gasteiger partial charge >= 0.3 is 0 Å². The molecule has 1 unspecified atom stereocenters. The summed E-state index contributed by atoms with van der Waals surface area (Å²) in [5.74, 6) is -0.843. The van der Waals surface area contributed by atoms with Crippen LogP contribution in [-0.4, -0.2) is 27.0 Å². The van der Waals surface area contributed by atoms with E-state index in [-0.39, 0.29) is 9.92 Å². The van der Waals surface area contributed by atoms with Crippen molar-refractivity contribution < 1.29 is 12.8 Å². The molecule has 0 aromatic heterocycles. The van der Waals surface area contributed by atoms with Gasteiger partial charge in [-0.3, -0.25) is 0 Å². The number of hydrogen-bond acceptors (Lipinski definition) is 3. The Kier molecular flexibility index (Phi) is 3.64. The van der Waals surface area contributed by atoms with Gasteiger partial charge in [0.15, 0.2) is 0 Å². The summed E-state index contributed by atoms with van der Waals surface area (Å²) in [5.41, 5.74) is -0.578. The maximum Gasteiger partial charge on any atom is 0.244 e. The summed E-state index contributed by atoms with van der Waals surface area (Å²) in [4.78, 5) is -0.375. The Labute approximate surface area is 111 Å². The first kappa shape index (κ1) is 13.7. The lowest BCUT2D eigenvalue weighted by molar-refractivity contribution is 0.449. The Bertz CT molecular complexity index is 556. The van der Waals surface area contributed by atoms with Crippen molar-refractivity contribution >= 4 is 21.6 Å². The van der Waals surface area contributed by atoms with Gasteiger partial charge in [-0.15, -0.1) is 0 Å². The normalized spacial score (nSPS) is 24.4. The topological polar surface area (TPSA) is 58.2 Å². The Morgan fingerprint density at radius 1 is 1.50 bits per heavy atom. The van der Waals surface area contributed by atoms with Gasteiger partial charge < -0.3 is 5.32 Å². The minimum atomic E-state index is -3.87. The highest BCUT2D eigenvalue weighted by Gasteiger charge is 2.34. The molecule has 0 aliphatic carbocycles. The summed E-state index contributed by atoms with van der Waals surface area (Å²) in [6.45, 7) is 3.06. The standard InChI is InChI=1S/C11H14ClFN2O2S/c1-11(4-5-14-7-11)15-18(16,17)10-3-2-8(12)6-9(10)13/h2-3,6,14-15H,4-5,7H2,1H3. The van der Waals surface area contributed by atoms with Gasteiger partial charge in [-0.05, 0) is 38.1 Å². The van der Waals surface area contributed by atoms with E-state index in [2.05, 4.69) is 10.0 Å². The quantitative estimate of drug-likeness (QED) is 0.888. The number of hydrogen-bond donors (Lipinski definition) is 2. The second-order valence-electron chi connectivity index (χ2n) is 4.67. The van der Waals surface area contributed by atoms with E-state index in [1.165, 1.54) is 12.1 Å². The van der Waals surface area contributed by atoms with Crippen LogP contribution in [0.15, 0.2) is 23.1 Å². The fourth-order valence-electron chi connectivity index (χ4n) is 1.98. The first-order valence-corrected chi connectivity index (χ1v) is 7.38. The maximum atomic E-state index is 13.6. The third-order valence-electron chi connectivity index (χ3n) is 2.93. The van der Waals surface area contributed by atoms with Crippen LogP contribution >= 0.6 is 11.6 Å². The molecule has 1 atom stereocenters. The van der Waals surface area contributed by atoms with Crippen LogP contribution in [0.1, 0.15) is 13.3 Å². The average molecular weight is 293 g/mol. The van der Waals surface area contributed by atoms with Crippen LogP contribution in [0, 0.1) is 5.82 Å². The molecule has 0 amide bonds. The van der Waals surface area contributed by atoms with Crippen LogP contribution in [0.3, 0.4) is 0 Å². The zero-order valence-corrected chi connectivity index (χ0v) is 11.4. The van der Waals surface area contributed by atoms with Crippen LogP contribution in [0.4, 0.5) is 4.39 Å². The Morgan fingerprint density at radius 2 is 2.22 bits per heavy atom. The predicted octanol–water partition coefficient (Wildman–Crippen LogP) is 1.51. The number of nitrogens with one attached hydrogen (secondary N) is 2. The molecule has 2 N–H and O–H groups in total. The lowest BCUT2D eigenvalue weighted by Gasteiger charge is -2.24. The molecule has 1 aromatic rings. The first-order chi connectivity index (χ1) is 8.32. The SMILES string of the molecule is CC1(NS(=O)(=O)c2ccc(Cl)cc2F)CCNC1. The molecular formula is C11H14ClFN2O2S. The largest absolute Gasteiger partial charge is 0.315 e. The zero-order valence-electron chi connectivity index (χ0n) is 9.83. The Morgan fingerprint density at radius 3 is 2.78 bits per heavy atom. The van der Waals surface area contributed by atoms with Crippen molar-refractivity contribution in [1.29, 1.82) is 0 Å². The predicted molar refractivity (Wildman–Crippen MR) is 67.6 cm³/mol. The summed E-state index contributed by atoms with van der Waals surface area (Å²) in [6, 6.07) is 3.52. The molecule has 0 radical (unpaired) electrons. The monoisotopic (exact) mass is 292 g/mol. The Hall–Kier alpha value is -0.690. The van der Waals surface area contributed by atoms with E-state index in [4.69, 9.17) is 11.6 Å². The third kappa shape index (κ3) is 2.83. The third-order valence-corrected chi connectivity index (χ3v) is 4.84. The molecule has 18 heavy (non-hydrogen) atoms. The molecule has 1 saturated heterocycles. The summed E-state index contributed by atoms with van der Waals surface area (Å²) in [6.07, 6.45) is 0.668. The van der Waals surface area contributed by atoms with Crippen LogP contribution in [0.2, 0.25) is 5.02 Å². The van der Waals surface area contributed by atoms with Gasteiger partial charge in [0.1, 0.15) is 10.7 Å². The van der Waals surface area contributed by atoms with Crippen LogP contribution in [0.5, 0.6) is 0 Å². The smallest absolute Gasteiger partial charge is 0.244 e. The maximum absolute atomic E-state index is 13.6. The van der Waals surface area contributed by atoms with E-state index >= 15 is 0 Å². The minimum Gasteiger partial charge on any atom is -0.315 e. The molecule has 0 saturated carbocycles. The highest BCUT2D eigenvalue weighted by atomic mass is 35.5. The van der Waals surface area contributed by atoms with Crippen molar-refractivity contribution in [2.75, 3.05) is 13.1 Å². The summed E-state index contributed by atoms with van der Waals surface area (Å²) < 4.78 is 40.4. The second-order valence-corrected chi connectivity index (χ2v) is 6.75. The summed E-state index contributed by atoms with van der Waals surface area (Å²) in [5, 5.41) is 3.24. The van der Waals surface area contributed by atoms with Crippen molar-refractivity contribution in [3.8, 4) is 0 Å². The molecule has 1 aromatic carbocycles. The van der Waals surface area contributed by atoms with Gasteiger partial charge in [-0.25, -0.2) is 17.5 Å². The van der Waals surface area contributed by atoms with Crippen molar-refractivity contribution in [2.45, 2.75) is 23.8 Å². The minimum absolute atomic E-state index is 0.167. The van der Waals surface area contributed by atoms with Gasteiger partial charge in [0, 0.05) is 17.1 Å². The lowest BCUT2D eigenvalue weighted by Crippen LogP contribution is -2.47. The number of rotatable bonds is 3. The van der Waals surface area contributed by atoms with Gasteiger partial charge in [0.05, 0.1) is 0 Å². The molecule has 0 spiro atoms. The van der Waals surface area contributed by atoms with E-state index in [0.717, 1.165) is 12.6 Å². The average Bonchev–Trinajstić information content (AvgIpc) is 2.62. The van der Waals surface area contributed by atoms with Gasteiger partial charge in [0.25, 0.3) is 0 Å². The van der Waals surface area contributed by atoms with Crippen LogP contribution in [-0.2, 0) is 10.0 Å². The molecule has 2 rings (SSSR count). The van der Waals surface area contributed by atoms with Gasteiger partial charge in [-0.2, -0.15) is 0 Å². The molecular weight excluding hydrogens is 279 g/mol.